The van der Waals surface area contributed by atoms with Crippen LogP contribution in [-0.4, -0.2) is 33.4 Å². The van der Waals surface area contributed by atoms with Crippen LogP contribution in [0.5, 0.6) is 0 Å². The molecular weight excluding hydrogens is 266 g/mol. The van der Waals surface area contributed by atoms with E-state index in [1.165, 1.54) is 6.07 Å². The van der Waals surface area contributed by atoms with Crippen LogP contribution in [0.15, 0.2) is 29.3 Å². The Bertz CT molecular complexity index is 578. The van der Waals surface area contributed by atoms with E-state index in [0.29, 0.717) is 5.71 Å². The van der Waals surface area contributed by atoms with E-state index in [-0.39, 0.29) is 27.9 Å². The molecule has 0 aromatic heterocycles. The van der Waals surface area contributed by atoms with Crippen LogP contribution in [0.25, 0.3) is 0 Å². The van der Waals surface area contributed by atoms with Gasteiger partial charge in [0, 0.05) is 5.71 Å². The van der Waals surface area contributed by atoms with E-state index in [1.807, 2.05) is 0 Å². The molecule has 5 nitrogen and oxygen atoms in total. The normalized spacial score (nSPS) is 19.8. The third-order valence-electron chi connectivity index (χ3n) is 2.76. The first-order valence-corrected chi connectivity index (χ1v) is 6.56. The fourth-order valence-corrected chi connectivity index (χ4v) is 2.77. The number of carboxylic acids is 1. The van der Waals surface area contributed by atoms with Crippen LogP contribution in [-0.2, 0) is 9.59 Å². The van der Waals surface area contributed by atoms with Gasteiger partial charge in [0.1, 0.15) is 5.92 Å². The Hall–Kier alpha value is -1.95. The van der Waals surface area contributed by atoms with Gasteiger partial charge < -0.3 is 5.11 Å². The lowest BCUT2D eigenvalue weighted by molar-refractivity contribution is -0.122. The quantitative estimate of drug-likeness (QED) is 0.674. The van der Waals surface area contributed by atoms with Crippen molar-refractivity contribution in [3.8, 4) is 0 Å². The largest absolute Gasteiger partial charge is 0.478 e. The third-order valence-corrected chi connectivity index (χ3v) is 3.71. The molecule has 98 valence electrons. The molecular formula is C13H11NO4S. The number of aromatic carboxylic acids is 1. The monoisotopic (exact) mass is 277 g/mol. The highest BCUT2D eigenvalue weighted by Gasteiger charge is 2.36. The van der Waals surface area contributed by atoms with Gasteiger partial charge in [-0.15, -0.1) is 0 Å². The van der Waals surface area contributed by atoms with Crippen LogP contribution in [0.2, 0.25) is 0 Å². The lowest BCUT2D eigenvalue weighted by Crippen LogP contribution is -2.23. The van der Waals surface area contributed by atoms with Gasteiger partial charge in [-0.05, 0) is 19.1 Å². The predicted octanol–water partition coefficient (Wildman–Crippen LogP) is 1.94. The Kier molecular flexibility index (Phi) is 3.80. The van der Waals surface area contributed by atoms with E-state index in [2.05, 4.69) is 4.99 Å². The Morgan fingerprint density at radius 1 is 1.37 bits per heavy atom. The number of thioether (sulfide) groups is 1. The number of carbonyl (C=O) groups is 3. The SMILES string of the molecule is CC(=Nc1ccccc1C(=O)O)C1C(=O)CSC1=O. The minimum absolute atomic E-state index is 0.0485. The summed E-state index contributed by atoms with van der Waals surface area (Å²) < 4.78 is 0. The van der Waals surface area contributed by atoms with Gasteiger partial charge in [0.15, 0.2) is 5.78 Å². The van der Waals surface area contributed by atoms with Gasteiger partial charge in [-0.3, -0.25) is 14.6 Å². The van der Waals surface area contributed by atoms with Crippen LogP contribution in [0.1, 0.15) is 17.3 Å². The first-order valence-electron chi connectivity index (χ1n) is 5.57. The Morgan fingerprint density at radius 2 is 2.05 bits per heavy atom. The maximum atomic E-state index is 11.6. The molecule has 0 spiro atoms. The second-order valence-electron chi connectivity index (χ2n) is 4.08. The molecule has 0 aliphatic carbocycles. The van der Waals surface area contributed by atoms with E-state index >= 15 is 0 Å². The zero-order valence-electron chi connectivity index (χ0n) is 10.1. The number of hydrogen-bond acceptors (Lipinski definition) is 5. The fourth-order valence-electron chi connectivity index (χ4n) is 1.85. The van der Waals surface area contributed by atoms with Crippen molar-refractivity contribution in [2.45, 2.75) is 6.92 Å². The molecule has 1 aromatic carbocycles. The minimum Gasteiger partial charge on any atom is -0.478 e. The Labute approximate surface area is 113 Å². The van der Waals surface area contributed by atoms with Crippen molar-refractivity contribution >= 4 is 40.0 Å². The second-order valence-corrected chi connectivity index (χ2v) is 5.06. The summed E-state index contributed by atoms with van der Waals surface area (Å²) in [6.07, 6.45) is 0. The number of para-hydroxylation sites is 1. The summed E-state index contributed by atoms with van der Waals surface area (Å²) in [7, 11) is 0. The predicted molar refractivity (Wildman–Crippen MR) is 72.1 cm³/mol. The molecule has 0 radical (unpaired) electrons. The number of hydrogen-bond donors (Lipinski definition) is 1. The van der Waals surface area contributed by atoms with Crippen LogP contribution >= 0.6 is 11.8 Å². The number of carboxylic acid groups (broad SMARTS) is 1. The summed E-state index contributed by atoms with van der Waals surface area (Å²) in [4.78, 5) is 38.4. The van der Waals surface area contributed by atoms with E-state index in [4.69, 9.17) is 5.11 Å². The summed E-state index contributed by atoms with van der Waals surface area (Å²) in [5.41, 5.74) is 0.645. The number of Topliss-reactive ketones (excluding diaryl/α,β-unsaturated/α-hetero) is 1. The molecule has 0 bridgehead atoms. The van der Waals surface area contributed by atoms with Crippen LogP contribution in [0.3, 0.4) is 0 Å². The van der Waals surface area contributed by atoms with Crippen molar-refractivity contribution in [2.75, 3.05) is 5.75 Å². The van der Waals surface area contributed by atoms with Crippen molar-refractivity contribution in [1.29, 1.82) is 0 Å². The lowest BCUT2D eigenvalue weighted by atomic mass is 10.0. The smallest absolute Gasteiger partial charge is 0.337 e. The number of carbonyl (C=O) groups excluding carboxylic acids is 2. The van der Waals surface area contributed by atoms with Crippen LogP contribution in [0.4, 0.5) is 5.69 Å². The van der Waals surface area contributed by atoms with Crippen molar-refractivity contribution < 1.29 is 19.5 Å². The number of ketones is 1. The molecule has 1 fully saturated rings. The van der Waals surface area contributed by atoms with Gasteiger partial charge in [-0.1, -0.05) is 23.9 Å². The lowest BCUT2D eigenvalue weighted by Gasteiger charge is -2.07. The summed E-state index contributed by atoms with van der Waals surface area (Å²) in [5.74, 6) is -1.95. The van der Waals surface area contributed by atoms with Gasteiger partial charge in [-0.2, -0.15) is 0 Å². The highest BCUT2D eigenvalue weighted by molar-refractivity contribution is 8.15. The van der Waals surface area contributed by atoms with E-state index in [9.17, 15) is 14.4 Å². The maximum Gasteiger partial charge on any atom is 0.337 e. The van der Waals surface area contributed by atoms with Crippen molar-refractivity contribution in [2.24, 2.45) is 10.9 Å². The minimum atomic E-state index is -1.09. The fraction of sp³-hybridized carbons (Fsp3) is 0.231. The van der Waals surface area contributed by atoms with Gasteiger partial charge in [0.25, 0.3) is 0 Å². The van der Waals surface area contributed by atoms with Gasteiger partial charge >= 0.3 is 5.97 Å². The molecule has 2 rings (SSSR count). The van der Waals surface area contributed by atoms with Crippen molar-refractivity contribution in [1.82, 2.24) is 0 Å². The standard InChI is InChI=1S/C13H11NO4S/c1-7(11-10(15)6-19-13(11)18)14-9-5-3-2-4-8(9)12(16)17/h2-5,11H,6H2,1H3,(H,16,17). The van der Waals surface area contributed by atoms with Crippen LogP contribution in [0, 0.1) is 5.92 Å². The van der Waals surface area contributed by atoms with Crippen LogP contribution < -0.4 is 0 Å². The Balaban J connectivity index is 2.38. The van der Waals surface area contributed by atoms with Crippen molar-refractivity contribution in [3.63, 3.8) is 0 Å². The molecule has 1 aliphatic rings. The molecule has 1 aromatic rings. The number of aliphatic imine (C=N–C) groups is 1. The first-order chi connectivity index (χ1) is 9.00. The summed E-state index contributed by atoms with van der Waals surface area (Å²) in [6.45, 7) is 1.57. The van der Waals surface area contributed by atoms with E-state index in [1.54, 1.807) is 25.1 Å². The molecule has 1 atom stereocenters. The zero-order chi connectivity index (χ0) is 14.0. The molecule has 0 saturated carbocycles. The summed E-state index contributed by atoms with van der Waals surface area (Å²) in [6, 6.07) is 6.23. The molecule has 0 amide bonds. The summed E-state index contributed by atoms with van der Waals surface area (Å²) >= 11 is 0.977. The molecule has 1 heterocycles. The molecule has 19 heavy (non-hydrogen) atoms. The number of rotatable bonds is 3. The van der Waals surface area contributed by atoms with Gasteiger partial charge in [-0.25, -0.2) is 4.79 Å². The average molecular weight is 277 g/mol. The molecule has 6 heteroatoms. The highest BCUT2D eigenvalue weighted by atomic mass is 32.2. The molecule has 1 N–H and O–H groups in total. The topological polar surface area (TPSA) is 83.8 Å². The zero-order valence-corrected chi connectivity index (χ0v) is 10.9. The second kappa shape index (κ2) is 5.36. The van der Waals surface area contributed by atoms with E-state index < -0.39 is 11.9 Å². The third kappa shape index (κ3) is 2.73. The number of nitrogens with zero attached hydrogens (tertiary/aromatic N) is 1. The average Bonchev–Trinajstić information content (AvgIpc) is 2.69. The molecule has 1 saturated heterocycles. The van der Waals surface area contributed by atoms with Gasteiger partial charge in [0.05, 0.1) is 17.0 Å². The molecule has 1 aliphatic heterocycles. The van der Waals surface area contributed by atoms with Gasteiger partial charge in [0.2, 0.25) is 5.12 Å². The number of benzene rings is 1. The Morgan fingerprint density at radius 3 is 2.63 bits per heavy atom. The molecule has 1 unspecified atom stereocenters. The van der Waals surface area contributed by atoms with Crippen molar-refractivity contribution in [3.05, 3.63) is 29.8 Å². The first kappa shape index (κ1) is 13.5. The maximum absolute atomic E-state index is 11.6. The highest BCUT2D eigenvalue weighted by Crippen LogP contribution is 2.26. The summed E-state index contributed by atoms with van der Waals surface area (Å²) in [5, 5.41) is 8.82. The van der Waals surface area contributed by atoms with E-state index in [0.717, 1.165) is 11.8 Å².